The van der Waals surface area contributed by atoms with Crippen molar-refractivity contribution < 1.29 is 20.1 Å². The summed E-state index contributed by atoms with van der Waals surface area (Å²) in [5.41, 5.74) is 16.1. The zero-order valence-corrected chi connectivity index (χ0v) is 43.8. The maximum absolute atomic E-state index is 5.34. The van der Waals surface area contributed by atoms with Gasteiger partial charge < -0.3 is 9.55 Å². The van der Waals surface area contributed by atoms with E-state index < -0.39 is 8.07 Å². The number of fused-ring (bicyclic) bond motifs is 4. The third-order valence-corrected chi connectivity index (χ3v) is 15.4. The van der Waals surface area contributed by atoms with Crippen LogP contribution in [-0.4, -0.2) is 22.6 Å². The third-order valence-electron chi connectivity index (χ3n) is 12.0. The average Bonchev–Trinajstić information content (AvgIpc) is 3.85. The number of hydrogen-bond acceptors (Lipinski definition) is 3. The molecule has 0 N–H and O–H groups in total. The maximum Gasteiger partial charge on any atom is 0.0798 e. The van der Waals surface area contributed by atoms with Gasteiger partial charge in [-0.2, -0.15) is 11.3 Å². The molecule has 0 spiro atoms. The van der Waals surface area contributed by atoms with Gasteiger partial charge in [-0.25, -0.2) is 0 Å². The molecule has 6 aromatic carbocycles. The summed E-state index contributed by atoms with van der Waals surface area (Å²) in [5.74, 6) is 1.61. The molecule has 0 fully saturated rings. The van der Waals surface area contributed by atoms with Crippen molar-refractivity contribution in [2.45, 2.75) is 100 Å². The van der Waals surface area contributed by atoms with Crippen LogP contribution >= 0.6 is 11.3 Å². The summed E-state index contributed by atoms with van der Waals surface area (Å²) in [6.45, 7) is 27.7. The van der Waals surface area contributed by atoms with Crippen molar-refractivity contribution in [3.05, 3.63) is 167 Å². The van der Waals surface area contributed by atoms with E-state index in [0.29, 0.717) is 11.8 Å². The predicted octanol–water partition coefficient (Wildman–Crippen LogP) is 16.1. The second-order valence-electron chi connectivity index (χ2n) is 20.0. The standard InChI is InChI=1S/C39H35N2S.C19H26NSi.Ir/c1-23(2)31-21-28(27-13-8-7-9-14-27)22-32(24(3)4)36(31)41-34-18-11-10-17-33(34)40-39(41)30-16-12-15-29-35-25(5)19-20-26(6)37(35)42-38(29)30;1-19(2,3)13-16-12-17(15-10-8-7-9-11-15)20-14-18(16)21(4,5)6;/h7-15,17-24H,1-6H3;7-10,12,14H,13H2,1-6H3;/q2*-1;. The van der Waals surface area contributed by atoms with Gasteiger partial charge in [-0.15, -0.1) is 54.1 Å². The van der Waals surface area contributed by atoms with Crippen molar-refractivity contribution in [1.82, 2.24) is 14.5 Å². The van der Waals surface area contributed by atoms with Crippen LogP contribution in [0, 0.1) is 31.4 Å². The molecule has 0 aliphatic rings. The first-order chi connectivity index (χ1) is 30.0. The number of thiophene rings is 1. The molecule has 3 heterocycles. The normalized spacial score (nSPS) is 12.0. The van der Waals surface area contributed by atoms with Gasteiger partial charge in [-0.1, -0.05) is 145 Å². The largest absolute Gasteiger partial charge is 0.333 e. The fraction of sp³-hybridized carbons (Fsp3) is 0.276. The molecular weight excluding hydrogens is 991 g/mol. The zero-order chi connectivity index (χ0) is 44.8. The number of hydrogen-bond donors (Lipinski definition) is 0. The molecule has 0 unspecified atom stereocenters. The van der Waals surface area contributed by atoms with Crippen LogP contribution in [0.25, 0.3) is 70.7 Å². The smallest absolute Gasteiger partial charge is 0.0798 e. The molecule has 0 amide bonds. The molecule has 0 atom stereocenters. The molecule has 0 aliphatic heterocycles. The topological polar surface area (TPSA) is 30.7 Å². The Morgan fingerprint density at radius 1 is 0.703 bits per heavy atom. The van der Waals surface area contributed by atoms with Crippen LogP contribution in [0.5, 0.6) is 0 Å². The van der Waals surface area contributed by atoms with Crippen molar-refractivity contribution in [3.63, 3.8) is 0 Å². The first-order valence-electron chi connectivity index (χ1n) is 22.5. The first-order valence-corrected chi connectivity index (χ1v) is 26.8. The molecule has 3 aromatic heterocycles. The molecule has 0 bridgehead atoms. The van der Waals surface area contributed by atoms with Gasteiger partial charge in [-0.3, -0.25) is 4.98 Å². The van der Waals surface area contributed by atoms with Crippen LogP contribution in [0.2, 0.25) is 19.6 Å². The fourth-order valence-corrected chi connectivity index (χ4v) is 11.8. The number of aryl methyl sites for hydroxylation is 2. The van der Waals surface area contributed by atoms with Crippen LogP contribution in [0.4, 0.5) is 0 Å². The molecule has 9 aromatic rings. The van der Waals surface area contributed by atoms with E-state index in [1.165, 1.54) is 70.0 Å². The van der Waals surface area contributed by atoms with Crippen molar-refractivity contribution in [2.75, 3.05) is 0 Å². The molecule has 0 saturated carbocycles. The van der Waals surface area contributed by atoms with Gasteiger partial charge in [0.25, 0.3) is 0 Å². The zero-order valence-electron chi connectivity index (χ0n) is 39.6. The van der Waals surface area contributed by atoms with E-state index in [-0.39, 0.29) is 25.5 Å². The Morgan fingerprint density at radius 3 is 2.00 bits per heavy atom. The monoisotopic (exact) mass is 1050 g/mol. The summed E-state index contributed by atoms with van der Waals surface area (Å²) in [7, 11) is -1.37. The number of nitrogens with zero attached hydrogens (tertiary/aromatic N) is 3. The van der Waals surface area contributed by atoms with E-state index in [1.807, 2.05) is 29.5 Å². The number of aromatic nitrogens is 3. The van der Waals surface area contributed by atoms with E-state index in [1.54, 1.807) is 0 Å². The Hall–Kier alpha value is -4.97. The van der Waals surface area contributed by atoms with Crippen molar-refractivity contribution in [1.29, 1.82) is 0 Å². The van der Waals surface area contributed by atoms with E-state index >= 15 is 0 Å². The minimum absolute atomic E-state index is 0. The fourth-order valence-electron chi connectivity index (χ4n) is 8.93. The van der Waals surface area contributed by atoms with Crippen molar-refractivity contribution in [2.24, 2.45) is 5.41 Å². The summed E-state index contributed by atoms with van der Waals surface area (Å²) in [4.78, 5) is 10.1. The second kappa shape index (κ2) is 18.9. The van der Waals surface area contributed by atoms with Crippen LogP contribution < -0.4 is 5.19 Å². The Morgan fingerprint density at radius 2 is 1.36 bits per heavy atom. The number of para-hydroxylation sites is 2. The van der Waals surface area contributed by atoms with Gasteiger partial charge in [0.2, 0.25) is 0 Å². The average molecular weight is 1050 g/mol. The minimum Gasteiger partial charge on any atom is -0.333 e. The SMILES string of the molecule is CC(C)(C)Cc1cc(-c2[c-]cccc2)ncc1[Si](C)(C)C.Cc1ccc(C)c2c1sc1c(-c3nc4ccccc4n3-c3c(C(C)C)cc(-c4ccccc4)cc3C(C)C)[c-]ccc12.[Ir]. The van der Waals surface area contributed by atoms with Crippen LogP contribution in [0.3, 0.4) is 0 Å². The molecule has 6 heteroatoms. The Balaban J connectivity index is 0.000000236. The summed E-state index contributed by atoms with van der Waals surface area (Å²) in [6, 6.07) is 50.2. The van der Waals surface area contributed by atoms with Crippen LogP contribution in [0.1, 0.15) is 88.1 Å². The molecule has 1 radical (unpaired) electrons. The van der Waals surface area contributed by atoms with E-state index in [2.05, 4.69) is 208 Å². The number of rotatable bonds is 8. The molecule has 64 heavy (non-hydrogen) atoms. The number of benzene rings is 6. The first kappa shape index (κ1) is 47.0. The van der Waals surface area contributed by atoms with Gasteiger partial charge in [0.15, 0.2) is 0 Å². The summed E-state index contributed by atoms with van der Waals surface area (Å²) >= 11 is 1.87. The van der Waals surface area contributed by atoms with Gasteiger partial charge in [-0.05, 0) is 116 Å². The van der Waals surface area contributed by atoms with E-state index in [9.17, 15) is 0 Å². The van der Waals surface area contributed by atoms with Crippen molar-refractivity contribution in [3.8, 4) is 39.5 Å². The second-order valence-corrected chi connectivity index (χ2v) is 26.1. The summed E-state index contributed by atoms with van der Waals surface area (Å²) in [6.07, 6.45) is 3.21. The molecule has 0 saturated heterocycles. The van der Waals surface area contributed by atoms with Gasteiger partial charge in [0, 0.05) is 36.7 Å². The quantitative estimate of drug-likeness (QED) is 0.112. The van der Waals surface area contributed by atoms with Gasteiger partial charge >= 0.3 is 0 Å². The van der Waals surface area contributed by atoms with Gasteiger partial charge in [0.05, 0.1) is 24.9 Å². The van der Waals surface area contributed by atoms with Gasteiger partial charge in [0.1, 0.15) is 0 Å². The van der Waals surface area contributed by atoms with Crippen LogP contribution in [-0.2, 0) is 26.5 Å². The van der Waals surface area contributed by atoms with E-state index in [0.717, 1.165) is 40.1 Å². The Bertz CT molecular complexity index is 3050. The third kappa shape index (κ3) is 9.53. The number of pyridine rings is 1. The summed E-state index contributed by atoms with van der Waals surface area (Å²) in [5, 5.41) is 4.12. The van der Waals surface area contributed by atoms with Crippen LogP contribution in [0.15, 0.2) is 128 Å². The molecule has 9 rings (SSSR count). The number of imidazole rings is 1. The van der Waals surface area contributed by atoms with Crippen molar-refractivity contribution >= 4 is 55.8 Å². The molecule has 329 valence electrons. The van der Waals surface area contributed by atoms with E-state index in [4.69, 9.17) is 9.97 Å². The maximum atomic E-state index is 5.34. The molecule has 3 nitrogen and oxygen atoms in total. The molecule has 0 aliphatic carbocycles. The Labute approximate surface area is 400 Å². The minimum atomic E-state index is -1.37. The molecular formula is C58H61IrN3SSi-2. The Kier molecular flexibility index (Phi) is 13.9. The predicted molar refractivity (Wildman–Crippen MR) is 276 cm³/mol. The summed E-state index contributed by atoms with van der Waals surface area (Å²) < 4.78 is 5.04.